The molecule has 1 N–H and O–H groups in total. The Balaban J connectivity index is 1.64. The minimum absolute atomic E-state index is 0.0505. The molecule has 156 valence electrons. The lowest BCUT2D eigenvalue weighted by Gasteiger charge is -2.16. The van der Waals surface area contributed by atoms with Crippen LogP contribution in [-0.2, 0) is 10.0 Å². The van der Waals surface area contributed by atoms with Crippen molar-refractivity contribution < 1.29 is 13.2 Å². The van der Waals surface area contributed by atoms with Gasteiger partial charge in [0.25, 0.3) is 5.91 Å². The molecule has 2 heterocycles. The fourth-order valence-corrected chi connectivity index (χ4v) is 4.12. The number of nitrogens with zero attached hydrogens (tertiary/aromatic N) is 2. The van der Waals surface area contributed by atoms with Gasteiger partial charge in [-0.05, 0) is 50.3 Å². The van der Waals surface area contributed by atoms with Crippen molar-refractivity contribution in [2.24, 2.45) is 0 Å². The number of hydrogen-bond donors (Lipinski definition) is 1. The SMILES string of the molecule is CC(CNS(=O)(=O)C(C)C)c1ccc(-c2ccc(C(=O)N3CCCC3)cn2)cc1. The Morgan fingerprint density at radius 2 is 1.72 bits per heavy atom. The first-order valence-corrected chi connectivity index (χ1v) is 11.7. The third-order valence-corrected chi connectivity index (χ3v) is 7.20. The quantitative estimate of drug-likeness (QED) is 0.751. The summed E-state index contributed by atoms with van der Waals surface area (Å²) in [6.45, 7) is 7.35. The van der Waals surface area contributed by atoms with Gasteiger partial charge in [0.2, 0.25) is 10.0 Å². The molecule has 1 unspecified atom stereocenters. The number of amides is 1. The highest BCUT2D eigenvalue weighted by Gasteiger charge is 2.20. The fraction of sp³-hybridized carbons (Fsp3) is 0.455. The van der Waals surface area contributed by atoms with Crippen molar-refractivity contribution in [3.05, 3.63) is 53.7 Å². The summed E-state index contributed by atoms with van der Waals surface area (Å²) in [5.41, 5.74) is 3.45. The summed E-state index contributed by atoms with van der Waals surface area (Å²) in [5, 5.41) is -0.441. The predicted octanol–water partition coefficient (Wildman–Crippen LogP) is 3.42. The molecule has 1 aromatic carbocycles. The smallest absolute Gasteiger partial charge is 0.255 e. The van der Waals surface area contributed by atoms with Crippen LogP contribution in [0.5, 0.6) is 0 Å². The van der Waals surface area contributed by atoms with E-state index < -0.39 is 15.3 Å². The van der Waals surface area contributed by atoms with Gasteiger partial charge in [0.1, 0.15) is 0 Å². The van der Waals surface area contributed by atoms with Crippen LogP contribution in [-0.4, -0.2) is 49.1 Å². The summed E-state index contributed by atoms with van der Waals surface area (Å²) in [5.74, 6) is 0.112. The largest absolute Gasteiger partial charge is 0.339 e. The molecule has 29 heavy (non-hydrogen) atoms. The third kappa shape index (κ3) is 5.22. The van der Waals surface area contributed by atoms with E-state index in [0.717, 1.165) is 42.8 Å². The van der Waals surface area contributed by atoms with E-state index in [1.165, 1.54) is 0 Å². The highest BCUT2D eigenvalue weighted by atomic mass is 32.2. The fourth-order valence-electron chi connectivity index (χ4n) is 3.30. The zero-order chi connectivity index (χ0) is 21.0. The Hall–Kier alpha value is -2.25. The summed E-state index contributed by atoms with van der Waals surface area (Å²) >= 11 is 0. The second-order valence-electron chi connectivity index (χ2n) is 7.90. The number of carbonyl (C=O) groups excluding carboxylic acids is 1. The van der Waals surface area contributed by atoms with Crippen molar-refractivity contribution in [3.8, 4) is 11.3 Å². The second-order valence-corrected chi connectivity index (χ2v) is 10.2. The van der Waals surface area contributed by atoms with Gasteiger partial charge in [0.05, 0.1) is 16.5 Å². The molecule has 0 radical (unpaired) electrons. The van der Waals surface area contributed by atoms with Crippen LogP contribution in [0.15, 0.2) is 42.6 Å². The molecule has 0 spiro atoms. The van der Waals surface area contributed by atoms with Crippen LogP contribution < -0.4 is 4.72 Å². The van der Waals surface area contributed by atoms with Gasteiger partial charge in [-0.1, -0.05) is 31.2 Å². The number of likely N-dealkylation sites (tertiary alicyclic amines) is 1. The maximum absolute atomic E-state index is 12.4. The lowest BCUT2D eigenvalue weighted by molar-refractivity contribution is 0.0792. The molecule has 1 aliphatic heterocycles. The molecule has 2 aromatic rings. The normalized spacial score (nSPS) is 15.7. The third-order valence-electron chi connectivity index (χ3n) is 5.39. The van der Waals surface area contributed by atoms with Crippen molar-refractivity contribution in [2.75, 3.05) is 19.6 Å². The van der Waals surface area contributed by atoms with E-state index in [9.17, 15) is 13.2 Å². The summed E-state index contributed by atoms with van der Waals surface area (Å²) in [7, 11) is -3.26. The number of aromatic nitrogens is 1. The van der Waals surface area contributed by atoms with Crippen LogP contribution in [0.1, 0.15) is 55.5 Å². The van der Waals surface area contributed by atoms with Gasteiger partial charge in [0, 0.05) is 31.4 Å². The number of benzene rings is 1. The number of sulfonamides is 1. The topological polar surface area (TPSA) is 79.4 Å². The van der Waals surface area contributed by atoms with E-state index in [1.807, 2.05) is 48.2 Å². The van der Waals surface area contributed by atoms with Crippen molar-refractivity contribution in [3.63, 3.8) is 0 Å². The van der Waals surface area contributed by atoms with Crippen LogP contribution in [0, 0.1) is 0 Å². The predicted molar refractivity (Wildman–Crippen MR) is 115 cm³/mol. The number of rotatable bonds is 7. The van der Waals surface area contributed by atoms with Crippen LogP contribution in [0.2, 0.25) is 0 Å². The average Bonchev–Trinajstić information content (AvgIpc) is 3.26. The Morgan fingerprint density at radius 1 is 1.07 bits per heavy atom. The Morgan fingerprint density at radius 3 is 2.28 bits per heavy atom. The van der Waals surface area contributed by atoms with Crippen molar-refractivity contribution in [1.29, 1.82) is 0 Å². The zero-order valence-electron chi connectivity index (χ0n) is 17.3. The van der Waals surface area contributed by atoms with Gasteiger partial charge in [-0.2, -0.15) is 0 Å². The highest BCUT2D eigenvalue weighted by molar-refractivity contribution is 7.90. The molecule has 1 amide bonds. The summed E-state index contributed by atoms with van der Waals surface area (Å²) in [6, 6.07) is 11.7. The van der Waals surface area contributed by atoms with E-state index in [0.29, 0.717) is 12.1 Å². The van der Waals surface area contributed by atoms with Gasteiger partial charge >= 0.3 is 0 Å². The molecule has 1 fully saturated rings. The number of carbonyl (C=O) groups is 1. The molecule has 1 aromatic heterocycles. The molecule has 1 aliphatic rings. The molecule has 0 bridgehead atoms. The van der Waals surface area contributed by atoms with Crippen LogP contribution in [0.4, 0.5) is 0 Å². The average molecular weight is 416 g/mol. The van der Waals surface area contributed by atoms with Gasteiger partial charge in [-0.15, -0.1) is 0 Å². The number of hydrogen-bond acceptors (Lipinski definition) is 4. The number of pyridine rings is 1. The van der Waals surface area contributed by atoms with Gasteiger partial charge in [-0.25, -0.2) is 13.1 Å². The maximum Gasteiger partial charge on any atom is 0.255 e. The Labute approximate surface area is 173 Å². The molecule has 3 rings (SSSR count). The van der Waals surface area contributed by atoms with E-state index >= 15 is 0 Å². The van der Waals surface area contributed by atoms with E-state index in [4.69, 9.17) is 0 Å². The summed E-state index contributed by atoms with van der Waals surface area (Å²) in [4.78, 5) is 18.8. The zero-order valence-corrected chi connectivity index (χ0v) is 18.1. The highest BCUT2D eigenvalue weighted by Crippen LogP contribution is 2.22. The lowest BCUT2D eigenvalue weighted by atomic mass is 9.99. The van der Waals surface area contributed by atoms with Gasteiger partial charge in [0.15, 0.2) is 0 Å². The Kier molecular flexibility index (Phi) is 6.70. The minimum atomic E-state index is -3.26. The minimum Gasteiger partial charge on any atom is -0.339 e. The van der Waals surface area contributed by atoms with Crippen molar-refractivity contribution in [1.82, 2.24) is 14.6 Å². The standard InChI is InChI=1S/C22H29N3O3S/c1-16(2)29(27,28)24-14-17(3)18-6-8-19(9-7-18)21-11-10-20(15-23-21)22(26)25-12-4-5-13-25/h6-11,15-17,24H,4-5,12-14H2,1-3H3. The molecule has 1 atom stereocenters. The first-order valence-electron chi connectivity index (χ1n) is 10.1. The summed E-state index contributed by atoms with van der Waals surface area (Å²) in [6.07, 6.45) is 3.79. The number of nitrogens with one attached hydrogen (secondary N) is 1. The molecule has 0 aliphatic carbocycles. The first kappa shape index (κ1) is 21.5. The van der Waals surface area contributed by atoms with E-state index in [-0.39, 0.29) is 11.8 Å². The molecular formula is C22H29N3O3S. The summed E-state index contributed by atoms with van der Waals surface area (Å²) < 4.78 is 26.5. The van der Waals surface area contributed by atoms with Gasteiger partial charge < -0.3 is 4.90 Å². The van der Waals surface area contributed by atoms with E-state index in [1.54, 1.807) is 20.0 Å². The van der Waals surface area contributed by atoms with E-state index in [2.05, 4.69) is 9.71 Å². The first-order chi connectivity index (χ1) is 13.8. The van der Waals surface area contributed by atoms with Crippen LogP contribution in [0.25, 0.3) is 11.3 Å². The monoisotopic (exact) mass is 415 g/mol. The molecule has 7 heteroatoms. The lowest BCUT2D eigenvalue weighted by Crippen LogP contribution is -2.33. The molecule has 1 saturated heterocycles. The Bertz CT molecular complexity index is 932. The van der Waals surface area contributed by atoms with Crippen molar-refractivity contribution in [2.45, 2.75) is 44.8 Å². The maximum atomic E-state index is 12.4. The van der Waals surface area contributed by atoms with Crippen LogP contribution in [0.3, 0.4) is 0 Å². The van der Waals surface area contributed by atoms with Crippen LogP contribution >= 0.6 is 0 Å². The molecular weight excluding hydrogens is 386 g/mol. The second kappa shape index (κ2) is 9.05. The van der Waals surface area contributed by atoms with Gasteiger partial charge in [-0.3, -0.25) is 9.78 Å². The molecule has 0 saturated carbocycles. The van der Waals surface area contributed by atoms with Crippen molar-refractivity contribution >= 4 is 15.9 Å². The molecule has 6 nitrogen and oxygen atoms in total.